The highest BCUT2D eigenvalue weighted by Crippen LogP contribution is 2.32. The fraction of sp³-hybridized carbons (Fsp3) is 0.318. The van der Waals surface area contributed by atoms with Gasteiger partial charge in [-0.15, -0.1) is 0 Å². The van der Waals surface area contributed by atoms with E-state index in [-0.39, 0.29) is 29.6 Å². The zero-order valence-electron chi connectivity index (χ0n) is 16.1. The fourth-order valence-corrected chi connectivity index (χ4v) is 3.99. The van der Waals surface area contributed by atoms with Crippen LogP contribution >= 0.6 is 0 Å². The van der Waals surface area contributed by atoms with Gasteiger partial charge in [-0.1, -0.05) is 24.6 Å². The number of rotatable bonds is 4. The zero-order valence-corrected chi connectivity index (χ0v) is 16.1. The number of carbonyl (C=O) groups excluding carboxylic acids is 2. The largest absolute Gasteiger partial charge is 0.464 e. The number of anilines is 1. The van der Waals surface area contributed by atoms with Crippen LogP contribution < -0.4 is 10.6 Å². The standard InChI is InChI=1S/C22H22FN3O3/c1-13(27)25-16-6-2-5-15(10-16)22(28)26-20-11-18(19(23)12-24-20)17-7-3-4-14-8-9-29-21(14)17/h3-4,7-9,11-12,15-16H,2,5-6,10H2,1H3,(H,25,27)(H,24,26,28). The minimum atomic E-state index is -0.490. The highest BCUT2D eigenvalue weighted by Gasteiger charge is 2.28. The van der Waals surface area contributed by atoms with Crippen molar-refractivity contribution in [3.63, 3.8) is 0 Å². The van der Waals surface area contributed by atoms with Gasteiger partial charge in [0.1, 0.15) is 17.2 Å². The average molecular weight is 395 g/mol. The van der Waals surface area contributed by atoms with Gasteiger partial charge in [-0.3, -0.25) is 9.59 Å². The summed E-state index contributed by atoms with van der Waals surface area (Å²) in [6, 6.07) is 8.84. The first-order valence-electron chi connectivity index (χ1n) is 9.71. The van der Waals surface area contributed by atoms with Crippen molar-refractivity contribution in [1.29, 1.82) is 0 Å². The predicted octanol–water partition coefficient (Wildman–Crippen LogP) is 4.27. The van der Waals surface area contributed by atoms with Crippen LogP contribution in [0.2, 0.25) is 0 Å². The number of amides is 2. The quantitative estimate of drug-likeness (QED) is 0.691. The minimum absolute atomic E-state index is 0.00490. The molecule has 2 amide bonds. The molecule has 7 heteroatoms. The Morgan fingerprint density at radius 2 is 2.07 bits per heavy atom. The summed E-state index contributed by atoms with van der Waals surface area (Å²) in [6.07, 6.45) is 5.74. The molecule has 2 unspecified atom stereocenters. The third kappa shape index (κ3) is 4.13. The maximum Gasteiger partial charge on any atom is 0.228 e. The Labute approximate surface area is 167 Å². The van der Waals surface area contributed by atoms with Crippen molar-refractivity contribution < 1.29 is 18.4 Å². The zero-order chi connectivity index (χ0) is 20.4. The molecule has 0 bridgehead atoms. The number of hydrogen-bond acceptors (Lipinski definition) is 4. The number of para-hydroxylation sites is 1. The molecule has 29 heavy (non-hydrogen) atoms. The molecule has 1 saturated carbocycles. The topological polar surface area (TPSA) is 84.2 Å². The number of hydrogen-bond donors (Lipinski definition) is 2. The fourth-order valence-electron chi connectivity index (χ4n) is 3.99. The molecular formula is C22H22FN3O3. The summed E-state index contributed by atoms with van der Waals surface area (Å²) in [5.74, 6) is -0.675. The minimum Gasteiger partial charge on any atom is -0.464 e. The summed E-state index contributed by atoms with van der Waals surface area (Å²) < 4.78 is 20.0. The Bertz CT molecular complexity index is 1060. The lowest BCUT2D eigenvalue weighted by Gasteiger charge is -2.28. The molecular weight excluding hydrogens is 373 g/mol. The summed E-state index contributed by atoms with van der Waals surface area (Å²) in [4.78, 5) is 28.0. The summed E-state index contributed by atoms with van der Waals surface area (Å²) in [6.45, 7) is 1.48. The predicted molar refractivity (Wildman–Crippen MR) is 108 cm³/mol. The lowest BCUT2D eigenvalue weighted by molar-refractivity contribution is -0.123. The second-order valence-electron chi connectivity index (χ2n) is 7.44. The highest BCUT2D eigenvalue weighted by atomic mass is 19.1. The van der Waals surface area contributed by atoms with Crippen molar-refractivity contribution in [3.05, 3.63) is 48.6 Å². The normalized spacial score (nSPS) is 19.1. The van der Waals surface area contributed by atoms with Gasteiger partial charge in [0.15, 0.2) is 0 Å². The molecule has 2 heterocycles. The molecule has 2 N–H and O–H groups in total. The van der Waals surface area contributed by atoms with Crippen LogP contribution in [0.4, 0.5) is 10.2 Å². The number of pyridine rings is 1. The van der Waals surface area contributed by atoms with Crippen LogP contribution in [0.15, 0.2) is 47.2 Å². The van der Waals surface area contributed by atoms with Crippen molar-refractivity contribution >= 4 is 28.6 Å². The van der Waals surface area contributed by atoms with E-state index in [0.29, 0.717) is 23.1 Å². The van der Waals surface area contributed by atoms with Crippen molar-refractivity contribution in [2.45, 2.75) is 38.6 Å². The first-order chi connectivity index (χ1) is 14.0. The number of nitrogens with zero attached hydrogens (tertiary/aromatic N) is 1. The van der Waals surface area contributed by atoms with Gasteiger partial charge >= 0.3 is 0 Å². The van der Waals surface area contributed by atoms with E-state index < -0.39 is 5.82 Å². The summed E-state index contributed by atoms with van der Waals surface area (Å²) >= 11 is 0. The number of benzene rings is 1. The summed E-state index contributed by atoms with van der Waals surface area (Å²) in [5, 5.41) is 6.56. The van der Waals surface area contributed by atoms with Crippen LogP contribution in [-0.2, 0) is 9.59 Å². The van der Waals surface area contributed by atoms with Gasteiger partial charge < -0.3 is 15.1 Å². The first-order valence-corrected chi connectivity index (χ1v) is 9.71. The van der Waals surface area contributed by atoms with Crippen molar-refractivity contribution in [3.8, 4) is 11.1 Å². The Morgan fingerprint density at radius 1 is 1.21 bits per heavy atom. The van der Waals surface area contributed by atoms with Gasteiger partial charge in [0.05, 0.1) is 12.5 Å². The summed E-state index contributed by atoms with van der Waals surface area (Å²) in [7, 11) is 0. The van der Waals surface area contributed by atoms with Crippen molar-refractivity contribution in [1.82, 2.24) is 10.3 Å². The molecule has 0 radical (unpaired) electrons. The number of aromatic nitrogens is 1. The molecule has 150 valence electrons. The Balaban J connectivity index is 1.54. The van der Waals surface area contributed by atoms with Gasteiger partial charge in [-0.05, 0) is 31.4 Å². The van der Waals surface area contributed by atoms with Crippen LogP contribution in [0.1, 0.15) is 32.6 Å². The molecule has 1 fully saturated rings. The number of fused-ring (bicyclic) bond motifs is 1. The van der Waals surface area contributed by atoms with E-state index in [4.69, 9.17) is 4.42 Å². The lowest BCUT2D eigenvalue weighted by Crippen LogP contribution is -2.40. The van der Waals surface area contributed by atoms with Gasteiger partial charge in [0.2, 0.25) is 11.8 Å². The first kappa shape index (κ1) is 19.1. The molecule has 4 rings (SSSR count). The maximum atomic E-state index is 14.5. The molecule has 1 aliphatic rings. The van der Waals surface area contributed by atoms with Crippen molar-refractivity contribution in [2.24, 2.45) is 5.92 Å². The summed E-state index contributed by atoms with van der Waals surface area (Å²) in [5.41, 5.74) is 1.50. The van der Waals surface area contributed by atoms with Crippen LogP contribution in [-0.4, -0.2) is 22.8 Å². The van der Waals surface area contributed by atoms with Crippen LogP contribution in [0, 0.1) is 11.7 Å². The van der Waals surface area contributed by atoms with Crippen LogP contribution in [0.5, 0.6) is 0 Å². The lowest BCUT2D eigenvalue weighted by atomic mass is 9.85. The van der Waals surface area contributed by atoms with Gasteiger partial charge in [0, 0.05) is 35.4 Å². The molecule has 1 aliphatic carbocycles. The Morgan fingerprint density at radius 3 is 2.90 bits per heavy atom. The van der Waals surface area contributed by atoms with E-state index >= 15 is 0 Å². The molecule has 0 aliphatic heterocycles. The smallest absolute Gasteiger partial charge is 0.228 e. The van der Waals surface area contributed by atoms with Crippen molar-refractivity contribution in [2.75, 3.05) is 5.32 Å². The average Bonchev–Trinajstić information content (AvgIpc) is 3.18. The molecule has 6 nitrogen and oxygen atoms in total. The molecule has 0 saturated heterocycles. The molecule has 0 spiro atoms. The highest BCUT2D eigenvalue weighted by molar-refractivity contribution is 5.95. The monoisotopic (exact) mass is 395 g/mol. The van der Waals surface area contributed by atoms with E-state index in [1.165, 1.54) is 13.0 Å². The Hall–Kier alpha value is -3.22. The molecule has 3 aromatic rings. The van der Waals surface area contributed by atoms with Crippen LogP contribution in [0.3, 0.4) is 0 Å². The van der Waals surface area contributed by atoms with E-state index in [1.54, 1.807) is 12.3 Å². The van der Waals surface area contributed by atoms with E-state index in [1.807, 2.05) is 18.2 Å². The van der Waals surface area contributed by atoms with E-state index in [0.717, 1.165) is 30.8 Å². The maximum absolute atomic E-state index is 14.5. The number of nitrogens with one attached hydrogen (secondary N) is 2. The van der Waals surface area contributed by atoms with E-state index in [9.17, 15) is 14.0 Å². The SMILES string of the molecule is CC(=O)NC1CCCC(C(=O)Nc2cc(-c3cccc4ccoc34)c(F)cn2)C1. The third-order valence-corrected chi connectivity index (χ3v) is 5.33. The third-order valence-electron chi connectivity index (χ3n) is 5.33. The molecule has 2 aromatic heterocycles. The second-order valence-corrected chi connectivity index (χ2v) is 7.44. The van der Waals surface area contributed by atoms with E-state index in [2.05, 4.69) is 15.6 Å². The van der Waals surface area contributed by atoms with Crippen LogP contribution in [0.25, 0.3) is 22.1 Å². The van der Waals surface area contributed by atoms with Gasteiger partial charge in [0.25, 0.3) is 0 Å². The van der Waals surface area contributed by atoms with Gasteiger partial charge in [-0.2, -0.15) is 0 Å². The van der Waals surface area contributed by atoms with Gasteiger partial charge in [-0.25, -0.2) is 9.37 Å². The number of carbonyl (C=O) groups is 2. The second kappa shape index (κ2) is 8.03. The number of furan rings is 1. The molecule has 1 aromatic carbocycles. The Kier molecular flexibility index (Phi) is 5.29. The number of halogens is 1. The molecule has 2 atom stereocenters.